The second-order valence-electron chi connectivity index (χ2n) is 5.44. The summed E-state index contributed by atoms with van der Waals surface area (Å²) >= 11 is 1.67. The van der Waals surface area contributed by atoms with Crippen LogP contribution in [0, 0.1) is 6.92 Å². The van der Waals surface area contributed by atoms with Gasteiger partial charge in [-0.05, 0) is 39.3 Å². The van der Waals surface area contributed by atoms with E-state index in [1.165, 1.54) is 0 Å². The molecule has 0 saturated carbocycles. The maximum Gasteiger partial charge on any atom is 0.323 e. The fraction of sp³-hybridized carbons (Fsp3) is 0.714. The topological polar surface area (TPSA) is 67.2 Å². The molecule has 0 bridgehead atoms. The quantitative estimate of drug-likeness (QED) is 0.722. The average Bonchev–Trinajstić information content (AvgIpc) is 2.64. The smallest absolute Gasteiger partial charge is 0.323 e. The lowest BCUT2D eigenvalue weighted by molar-refractivity contribution is -0.144. The van der Waals surface area contributed by atoms with Gasteiger partial charge in [0.05, 0.1) is 10.7 Å². The predicted molar refractivity (Wildman–Crippen MR) is 82.2 cm³/mol. The molecule has 6 heteroatoms. The molecule has 2 atom stereocenters. The van der Waals surface area contributed by atoms with Crippen LogP contribution in [-0.2, 0) is 11.8 Å². The van der Waals surface area contributed by atoms with Crippen molar-refractivity contribution in [1.29, 1.82) is 0 Å². The van der Waals surface area contributed by atoms with Crippen molar-refractivity contribution in [3.63, 3.8) is 0 Å². The van der Waals surface area contributed by atoms with Gasteiger partial charge in [-0.2, -0.15) is 5.10 Å². The van der Waals surface area contributed by atoms with Crippen molar-refractivity contribution in [2.75, 3.05) is 6.54 Å². The highest BCUT2D eigenvalue weighted by atomic mass is 32.2. The summed E-state index contributed by atoms with van der Waals surface area (Å²) in [5, 5.41) is 18.2. The molecule has 114 valence electrons. The number of carbonyl (C=O) groups is 1. The van der Waals surface area contributed by atoms with Crippen LogP contribution in [0.4, 0.5) is 0 Å². The number of aromatic nitrogens is 2. The molecule has 1 aromatic heterocycles. The summed E-state index contributed by atoms with van der Waals surface area (Å²) in [7, 11) is 1.91. The molecule has 0 aliphatic carbocycles. The van der Waals surface area contributed by atoms with Gasteiger partial charge >= 0.3 is 5.97 Å². The molecular formula is C14H25N3O2S. The minimum atomic E-state index is -0.879. The number of carboxylic acid groups (broad SMARTS) is 1. The molecular weight excluding hydrogens is 274 g/mol. The van der Waals surface area contributed by atoms with E-state index in [1.807, 2.05) is 31.6 Å². The molecule has 0 aromatic carbocycles. The number of hydrogen-bond donors (Lipinski definition) is 2. The Morgan fingerprint density at radius 1 is 1.65 bits per heavy atom. The zero-order valence-corrected chi connectivity index (χ0v) is 13.8. The van der Waals surface area contributed by atoms with Crippen LogP contribution in [0.15, 0.2) is 11.1 Å². The van der Waals surface area contributed by atoms with E-state index in [9.17, 15) is 9.90 Å². The SMILES string of the molecule is CCCNC(C)(CC(C)Sc1cc(C)nn1C)C(=O)O. The van der Waals surface area contributed by atoms with E-state index in [2.05, 4.69) is 17.3 Å². The second-order valence-corrected chi connectivity index (χ2v) is 6.90. The van der Waals surface area contributed by atoms with Gasteiger partial charge in [0.25, 0.3) is 0 Å². The van der Waals surface area contributed by atoms with Crippen LogP contribution in [0.2, 0.25) is 0 Å². The minimum Gasteiger partial charge on any atom is -0.480 e. The van der Waals surface area contributed by atoms with E-state index in [-0.39, 0.29) is 5.25 Å². The molecule has 0 spiro atoms. The van der Waals surface area contributed by atoms with Crippen molar-refractivity contribution in [3.05, 3.63) is 11.8 Å². The first-order valence-electron chi connectivity index (χ1n) is 6.94. The maximum absolute atomic E-state index is 11.5. The summed E-state index contributed by atoms with van der Waals surface area (Å²) in [6.45, 7) is 8.52. The fourth-order valence-corrected chi connectivity index (χ4v) is 3.42. The Morgan fingerprint density at radius 3 is 2.75 bits per heavy atom. The third kappa shape index (κ3) is 4.52. The molecule has 0 saturated heterocycles. The molecule has 1 heterocycles. The lowest BCUT2D eigenvalue weighted by Crippen LogP contribution is -2.51. The average molecular weight is 299 g/mol. The van der Waals surface area contributed by atoms with E-state index < -0.39 is 11.5 Å². The Morgan fingerprint density at radius 2 is 2.30 bits per heavy atom. The summed E-state index contributed by atoms with van der Waals surface area (Å²) in [5.41, 5.74) is 0.100. The Hall–Kier alpha value is -1.01. The van der Waals surface area contributed by atoms with Gasteiger partial charge in [-0.15, -0.1) is 11.8 Å². The standard InChI is InChI=1S/C14H25N3O2S/c1-6-7-15-14(4,13(18)19)9-11(3)20-12-8-10(2)16-17(12)5/h8,11,15H,6-7,9H2,1-5H3,(H,18,19). The Bertz CT molecular complexity index is 461. The van der Waals surface area contributed by atoms with Crippen LogP contribution in [-0.4, -0.2) is 38.2 Å². The third-order valence-electron chi connectivity index (χ3n) is 3.21. The van der Waals surface area contributed by atoms with Crippen LogP contribution < -0.4 is 5.32 Å². The molecule has 0 aliphatic heterocycles. The van der Waals surface area contributed by atoms with E-state index in [0.717, 1.165) is 17.1 Å². The summed E-state index contributed by atoms with van der Waals surface area (Å²) < 4.78 is 1.84. The molecule has 1 aromatic rings. The first kappa shape index (κ1) is 17.0. The first-order chi connectivity index (χ1) is 9.28. The largest absolute Gasteiger partial charge is 0.480 e. The second kappa shape index (κ2) is 7.13. The Labute approximate surface area is 125 Å². The highest BCUT2D eigenvalue weighted by Gasteiger charge is 2.34. The Balaban J connectivity index is 2.69. The van der Waals surface area contributed by atoms with E-state index >= 15 is 0 Å². The number of hydrogen-bond acceptors (Lipinski definition) is 4. The van der Waals surface area contributed by atoms with Crippen LogP contribution in [0.3, 0.4) is 0 Å². The zero-order chi connectivity index (χ0) is 15.3. The van der Waals surface area contributed by atoms with Gasteiger partial charge in [-0.3, -0.25) is 9.48 Å². The van der Waals surface area contributed by atoms with Crippen molar-refractivity contribution in [3.8, 4) is 0 Å². The lowest BCUT2D eigenvalue weighted by Gasteiger charge is -2.29. The maximum atomic E-state index is 11.5. The molecule has 5 nitrogen and oxygen atoms in total. The van der Waals surface area contributed by atoms with Crippen LogP contribution in [0.1, 0.15) is 39.3 Å². The molecule has 0 radical (unpaired) electrons. The normalized spacial score (nSPS) is 15.8. The van der Waals surface area contributed by atoms with Gasteiger partial charge in [0, 0.05) is 12.3 Å². The first-order valence-corrected chi connectivity index (χ1v) is 7.82. The Kier molecular flexibility index (Phi) is 6.07. The van der Waals surface area contributed by atoms with Gasteiger partial charge in [-0.1, -0.05) is 13.8 Å². The fourth-order valence-electron chi connectivity index (χ4n) is 2.16. The van der Waals surface area contributed by atoms with Gasteiger partial charge in [-0.25, -0.2) is 0 Å². The monoisotopic (exact) mass is 299 g/mol. The van der Waals surface area contributed by atoms with Gasteiger partial charge in [0.2, 0.25) is 0 Å². The van der Waals surface area contributed by atoms with Crippen molar-refractivity contribution in [1.82, 2.24) is 15.1 Å². The summed E-state index contributed by atoms with van der Waals surface area (Å²) in [6, 6.07) is 2.03. The highest BCUT2D eigenvalue weighted by Crippen LogP contribution is 2.29. The number of nitrogens with one attached hydrogen (secondary N) is 1. The van der Waals surface area contributed by atoms with E-state index in [4.69, 9.17) is 0 Å². The van der Waals surface area contributed by atoms with Crippen molar-refractivity contribution < 1.29 is 9.90 Å². The number of thioether (sulfide) groups is 1. The third-order valence-corrected chi connectivity index (χ3v) is 4.41. The number of rotatable bonds is 8. The minimum absolute atomic E-state index is 0.190. The van der Waals surface area contributed by atoms with Crippen LogP contribution in [0.25, 0.3) is 0 Å². The number of nitrogens with zero attached hydrogens (tertiary/aromatic N) is 2. The van der Waals surface area contributed by atoms with Crippen LogP contribution >= 0.6 is 11.8 Å². The molecule has 1 rings (SSSR count). The summed E-state index contributed by atoms with van der Waals surface area (Å²) in [5.74, 6) is -0.792. The number of aryl methyl sites for hydroxylation is 2. The highest BCUT2D eigenvalue weighted by molar-refractivity contribution is 7.99. The molecule has 2 N–H and O–H groups in total. The summed E-state index contributed by atoms with van der Waals surface area (Å²) in [4.78, 5) is 11.5. The van der Waals surface area contributed by atoms with Crippen LogP contribution in [0.5, 0.6) is 0 Å². The van der Waals surface area contributed by atoms with Crippen molar-refractivity contribution in [2.45, 2.75) is 56.4 Å². The molecule has 2 unspecified atom stereocenters. The van der Waals surface area contributed by atoms with Gasteiger partial charge in [0.15, 0.2) is 0 Å². The molecule has 0 amide bonds. The van der Waals surface area contributed by atoms with Gasteiger partial charge in [0.1, 0.15) is 5.54 Å². The van der Waals surface area contributed by atoms with E-state index in [0.29, 0.717) is 13.0 Å². The zero-order valence-electron chi connectivity index (χ0n) is 12.9. The molecule has 20 heavy (non-hydrogen) atoms. The molecule has 0 fully saturated rings. The lowest BCUT2D eigenvalue weighted by atomic mass is 9.96. The predicted octanol–water partition coefficient (Wildman–Crippen LogP) is 2.44. The van der Waals surface area contributed by atoms with Crippen molar-refractivity contribution >= 4 is 17.7 Å². The number of carboxylic acids is 1. The van der Waals surface area contributed by atoms with Crippen molar-refractivity contribution in [2.24, 2.45) is 7.05 Å². The number of aliphatic carboxylic acids is 1. The van der Waals surface area contributed by atoms with E-state index in [1.54, 1.807) is 18.7 Å². The van der Waals surface area contributed by atoms with Gasteiger partial charge < -0.3 is 10.4 Å². The summed E-state index contributed by atoms with van der Waals surface area (Å²) in [6.07, 6.45) is 1.49. The molecule has 0 aliphatic rings.